The van der Waals surface area contributed by atoms with Crippen LogP contribution in [0.2, 0.25) is 10.0 Å². The van der Waals surface area contributed by atoms with Crippen molar-refractivity contribution in [2.45, 2.75) is 45.4 Å². The minimum atomic E-state index is 0.714. The van der Waals surface area contributed by atoms with Crippen LogP contribution in [0.1, 0.15) is 42.8 Å². The van der Waals surface area contributed by atoms with Crippen molar-refractivity contribution in [2.24, 2.45) is 0 Å². The Balaban J connectivity index is 1.40. The maximum atomic E-state index is 6.02. The molecule has 126 valence electrons. The van der Waals surface area contributed by atoms with E-state index in [2.05, 4.69) is 15.0 Å². The van der Waals surface area contributed by atoms with Crippen molar-refractivity contribution in [3.63, 3.8) is 0 Å². The zero-order valence-electron chi connectivity index (χ0n) is 13.8. The largest absolute Gasteiger partial charge is 0.341 e. The number of nitrogens with one attached hydrogen (secondary N) is 1. The van der Waals surface area contributed by atoms with Gasteiger partial charge in [-0.3, -0.25) is 0 Å². The summed E-state index contributed by atoms with van der Waals surface area (Å²) in [6, 6.07) is 9.82. The number of benzene rings is 1. The summed E-state index contributed by atoms with van der Waals surface area (Å²) in [6.45, 7) is 1.99. The van der Waals surface area contributed by atoms with Crippen LogP contribution in [0, 0.1) is 6.92 Å². The number of rotatable bonds is 7. The van der Waals surface area contributed by atoms with Crippen LogP contribution in [0.3, 0.4) is 0 Å². The van der Waals surface area contributed by atoms with E-state index in [-0.39, 0.29) is 0 Å². The molecular formula is C19H21Cl2N3. The third-order valence-corrected chi connectivity index (χ3v) is 4.52. The second-order valence-electron chi connectivity index (χ2n) is 6.20. The fraction of sp³-hybridized carbons (Fsp3) is 0.368. The van der Waals surface area contributed by atoms with Crippen LogP contribution >= 0.6 is 23.2 Å². The topological polar surface area (TPSA) is 41.6 Å². The van der Waals surface area contributed by atoms with Gasteiger partial charge in [0.2, 0.25) is 0 Å². The summed E-state index contributed by atoms with van der Waals surface area (Å²) in [4.78, 5) is 12.3. The molecule has 1 aromatic carbocycles. The van der Waals surface area contributed by atoms with Crippen molar-refractivity contribution in [3.8, 4) is 0 Å². The lowest BCUT2D eigenvalue weighted by atomic mass is 10.1. The molecule has 0 bridgehead atoms. The van der Waals surface area contributed by atoms with E-state index in [1.807, 2.05) is 31.2 Å². The summed E-state index contributed by atoms with van der Waals surface area (Å²) >= 11 is 12.0. The van der Waals surface area contributed by atoms with Gasteiger partial charge in [-0.05, 0) is 62.1 Å². The monoisotopic (exact) mass is 361 g/mol. The highest BCUT2D eigenvalue weighted by Crippen LogP contribution is 2.20. The molecule has 0 radical (unpaired) electrons. The Labute approximate surface area is 152 Å². The number of H-pyrrole nitrogens is 1. The molecule has 0 atom stereocenters. The number of unbranched alkanes of at least 4 members (excludes halogenated alkanes) is 3. The van der Waals surface area contributed by atoms with Crippen molar-refractivity contribution >= 4 is 34.4 Å². The van der Waals surface area contributed by atoms with Gasteiger partial charge in [0.05, 0.1) is 5.52 Å². The molecule has 1 N–H and O–H groups in total. The summed E-state index contributed by atoms with van der Waals surface area (Å²) in [5.74, 6) is 1.03. The molecule has 0 spiro atoms. The third-order valence-electron chi connectivity index (χ3n) is 4.09. The average molecular weight is 362 g/mol. The maximum absolute atomic E-state index is 6.02. The SMILES string of the molecule is Cc1ccc2[nH]c(CCCCCCc3cc(Cl)cc(Cl)c3)nc2n1. The number of halogens is 2. The van der Waals surface area contributed by atoms with E-state index in [0.717, 1.165) is 48.4 Å². The van der Waals surface area contributed by atoms with Crippen LogP contribution in [0.5, 0.6) is 0 Å². The second-order valence-corrected chi connectivity index (χ2v) is 7.07. The lowest BCUT2D eigenvalue weighted by Gasteiger charge is -2.03. The van der Waals surface area contributed by atoms with E-state index in [9.17, 15) is 0 Å². The molecule has 3 aromatic rings. The highest BCUT2D eigenvalue weighted by Gasteiger charge is 2.04. The number of pyridine rings is 1. The number of fused-ring (bicyclic) bond motifs is 1. The number of hydrogen-bond acceptors (Lipinski definition) is 2. The number of aromatic amines is 1. The smallest absolute Gasteiger partial charge is 0.177 e. The Hall–Kier alpha value is -1.58. The third kappa shape index (κ3) is 4.71. The van der Waals surface area contributed by atoms with Gasteiger partial charge in [0.1, 0.15) is 5.82 Å². The Morgan fingerprint density at radius 1 is 0.875 bits per heavy atom. The van der Waals surface area contributed by atoms with E-state index in [1.165, 1.54) is 18.4 Å². The van der Waals surface area contributed by atoms with Gasteiger partial charge in [0, 0.05) is 22.2 Å². The van der Waals surface area contributed by atoms with Crippen LogP contribution in [-0.4, -0.2) is 15.0 Å². The lowest BCUT2D eigenvalue weighted by Crippen LogP contribution is -1.90. The van der Waals surface area contributed by atoms with Crippen LogP contribution in [-0.2, 0) is 12.8 Å². The molecule has 3 nitrogen and oxygen atoms in total. The first kappa shape index (κ1) is 17.2. The minimum absolute atomic E-state index is 0.714. The van der Waals surface area contributed by atoms with Crippen molar-refractivity contribution in [2.75, 3.05) is 0 Å². The summed E-state index contributed by atoms with van der Waals surface area (Å²) in [6.07, 6.45) is 6.67. The molecule has 3 rings (SSSR count). The van der Waals surface area contributed by atoms with E-state index in [4.69, 9.17) is 23.2 Å². The minimum Gasteiger partial charge on any atom is -0.341 e. The van der Waals surface area contributed by atoms with Crippen molar-refractivity contribution in [3.05, 3.63) is 57.5 Å². The first-order valence-corrected chi connectivity index (χ1v) is 9.13. The normalized spacial score (nSPS) is 11.3. The average Bonchev–Trinajstić information content (AvgIpc) is 2.91. The number of imidazole rings is 1. The number of hydrogen-bond donors (Lipinski definition) is 1. The van der Waals surface area contributed by atoms with Crippen LogP contribution < -0.4 is 0 Å². The van der Waals surface area contributed by atoms with Crippen molar-refractivity contribution in [1.82, 2.24) is 15.0 Å². The first-order chi connectivity index (χ1) is 11.6. The summed E-state index contributed by atoms with van der Waals surface area (Å²) < 4.78 is 0. The second kappa shape index (κ2) is 8.00. The fourth-order valence-electron chi connectivity index (χ4n) is 2.89. The maximum Gasteiger partial charge on any atom is 0.177 e. The molecule has 0 saturated carbocycles. The fourth-order valence-corrected chi connectivity index (χ4v) is 3.46. The lowest BCUT2D eigenvalue weighted by molar-refractivity contribution is 0.632. The molecule has 0 aliphatic carbocycles. The van der Waals surface area contributed by atoms with Gasteiger partial charge < -0.3 is 4.98 Å². The Morgan fingerprint density at radius 3 is 2.33 bits per heavy atom. The Morgan fingerprint density at radius 2 is 1.58 bits per heavy atom. The quantitative estimate of drug-likeness (QED) is 0.530. The van der Waals surface area contributed by atoms with Crippen LogP contribution in [0.25, 0.3) is 11.2 Å². The van der Waals surface area contributed by atoms with Gasteiger partial charge in [-0.2, -0.15) is 0 Å². The highest BCUT2D eigenvalue weighted by atomic mass is 35.5. The number of nitrogens with zero attached hydrogens (tertiary/aromatic N) is 2. The molecule has 0 aliphatic rings. The van der Waals surface area contributed by atoms with Gasteiger partial charge in [-0.1, -0.05) is 36.0 Å². The van der Waals surface area contributed by atoms with E-state index >= 15 is 0 Å². The number of aromatic nitrogens is 3. The molecule has 2 heterocycles. The Kier molecular flexibility index (Phi) is 5.75. The summed E-state index contributed by atoms with van der Waals surface area (Å²) in [5.41, 5.74) is 4.06. The first-order valence-electron chi connectivity index (χ1n) is 8.37. The van der Waals surface area contributed by atoms with Gasteiger partial charge in [-0.15, -0.1) is 0 Å². The van der Waals surface area contributed by atoms with Crippen molar-refractivity contribution < 1.29 is 0 Å². The van der Waals surface area contributed by atoms with Gasteiger partial charge in [-0.25, -0.2) is 9.97 Å². The van der Waals surface area contributed by atoms with Crippen molar-refractivity contribution in [1.29, 1.82) is 0 Å². The summed E-state index contributed by atoms with van der Waals surface area (Å²) in [7, 11) is 0. The number of aryl methyl sites for hydroxylation is 3. The van der Waals surface area contributed by atoms with Crippen LogP contribution in [0.15, 0.2) is 30.3 Å². The van der Waals surface area contributed by atoms with E-state index in [0.29, 0.717) is 10.0 Å². The molecule has 0 aliphatic heterocycles. The zero-order valence-corrected chi connectivity index (χ0v) is 15.3. The Bertz CT molecular complexity index is 806. The van der Waals surface area contributed by atoms with Gasteiger partial charge in [0.15, 0.2) is 5.65 Å². The van der Waals surface area contributed by atoms with E-state index in [1.54, 1.807) is 6.07 Å². The molecular weight excluding hydrogens is 341 g/mol. The van der Waals surface area contributed by atoms with E-state index < -0.39 is 0 Å². The standard InChI is InChI=1S/C19H21Cl2N3/c1-13-8-9-17-19(22-13)24-18(23-17)7-5-3-2-4-6-14-10-15(20)12-16(21)11-14/h8-12H,2-7H2,1H3,(H,22,23,24). The highest BCUT2D eigenvalue weighted by molar-refractivity contribution is 6.34. The zero-order chi connectivity index (χ0) is 16.9. The van der Waals surface area contributed by atoms with Gasteiger partial charge >= 0.3 is 0 Å². The molecule has 0 unspecified atom stereocenters. The summed E-state index contributed by atoms with van der Waals surface area (Å²) in [5, 5.41) is 1.43. The predicted octanol–water partition coefficient (Wildman–Crippen LogP) is 5.92. The molecule has 5 heteroatoms. The molecule has 2 aromatic heterocycles. The molecule has 0 amide bonds. The molecule has 24 heavy (non-hydrogen) atoms. The molecule has 0 saturated heterocycles. The predicted molar refractivity (Wildman–Crippen MR) is 101 cm³/mol. The van der Waals surface area contributed by atoms with Gasteiger partial charge in [0.25, 0.3) is 0 Å². The molecule has 0 fully saturated rings. The van der Waals surface area contributed by atoms with Crippen LogP contribution in [0.4, 0.5) is 0 Å².